The van der Waals surface area contributed by atoms with Gasteiger partial charge in [-0.15, -0.1) is 0 Å². The van der Waals surface area contributed by atoms with Gasteiger partial charge in [0.2, 0.25) is 0 Å². The van der Waals surface area contributed by atoms with E-state index in [9.17, 15) is 14.7 Å². The zero-order valence-electron chi connectivity index (χ0n) is 18.7. The molecule has 3 rings (SSSR count). The Morgan fingerprint density at radius 2 is 1.78 bits per heavy atom. The Balaban J connectivity index is 1.79. The predicted octanol–water partition coefficient (Wildman–Crippen LogP) is 6.51. The standard InChI is InChI=1S/C26H32ClNO4/c1-26(2,20-14-9-15-21(27)17-20)23(19-12-7-4-8-13-19)32-25(31)28-22(24(29)30)16-18-10-5-3-6-11-18/h4,7-9,12-15,17-18,22-23H,3,5-6,10-11,16H2,1-2H3,(H,28,31)(H,29,30). The van der Waals surface area contributed by atoms with Crippen LogP contribution in [-0.4, -0.2) is 23.2 Å². The van der Waals surface area contributed by atoms with Crippen LogP contribution in [-0.2, 0) is 14.9 Å². The van der Waals surface area contributed by atoms with E-state index in [0.717, 1.165) is 36.8 Å². The molecule has 2 atom stereocenters. The van der Waals surface area contributed by atoms with Gasteiger partial charge in [-0.3, -0.25) is 0 Å². The summed E-state index contributed by atoms with van der Waals surface area (Å²) in [5.74, 6) is -0.712. The minimum Gasteiger partial charge on any atom is -0.480 e. The molecule has 1 aliphatic rings. The Morgan fingerprint density at radius 3 is 2.41 bits per heavy atom. The fraction of sp³-hybridized carbons (Fsp3) is 0.462. The lowest BCUT2D eigenvalue weighted by molar-refractivity contribution is -0.140. The Bertz CT molecular complexity index is 909. The van der Waals surface area contributed by atoms with Crippen LogP contribution in [0.4, 0.5) is 4.79 Å². The molecule has 5 nitrogen and oxygen atoms in total. The van der Waals surface area contributed by atoms with E-state index in [0.29, 0.717) is 17.4 Å². The molecule has 6 heteroatoms. The molecule has 1 saturated carbocycles. The summed E-state index contributed by atoms with van der Waals surface area (Å²) in [6.07, 6.45) is 4.52. The van der Waals surface area contributed by atoms with Gasteiger partial charge in [0.15, 0.2) is 0 Å². The first-order chi connectivity index (χ1) is 15.3. The number of ether oxygens (including phenoxy) is 1. The first kappa shape index (κ1) is 24.1. The molecular formula is C26H32ClNO4. The highest BCUT2D eigenvalue weighted by molar-refractivity contribution is 6.30. The van der Waals surface area contributed by atoms with Gasteiger partial charge in [0.05, 0.1) is 0 Å². The smallest absolute Gasteiger partial charge is 0.408 e. The van der Waals surface area contributed by atoms with Crippen molar-refractivity contribution in [2.75, 3.05) is 0 Å². The van der Waals surface area contributed by atoms with Crippen molar-refractivity contribution in [3.63, 3.8) is 0 Å². The first-order valence-corrected chi connectivity index (χ1v) is 11.7. The Morgan fingerprint density at radius 1 is 1.09 bits per heavy atom. The van der Waals surface area contributed by atoms with Crippen molar-refractivity contribution >= 4 is 23.7 Å². The van der Waals surface area contributed by atoms with E-state index >= 15 is 0 Å². The maximum atomic E-state index is 12.9. The van der Waals surface area contributed by atoms with Crippen molar-refractivity contribution in [1.29, 1.82) is 0 Å². The van der Waals surface area contributed by atoms with E-state index in [-0.39, 0.29) is 0 Å². The first-order valence-electron chi connectivity index (χ1n) is 11.3. The van der Waals surface area contributed by atoms with E-state index in [1.165, 1.54) is 6.42 Å². The monoisotopic (exact) mass is 457 g/mol. The largest absolute Gasteiger partial charge is 0.480 e. The number of alkyl carbamates (subject to hydrolysis) is 1. The number of carboxylic acids is 1. The summed E-state index contributed by atoms with van der Waals surface area (Å²) in [6.45, 7) is 3.97. The van der Waals surface area contributed by atoms with E-state index in [1.807, 2.05) is 62.4 Å². The van der Waals surface area contributed by atoms with Crippen molar-refractivity contribution in [1.82, 2.24) is 5.32 Å². The van der Waals surface area contributed by atoms with Gasteiger partial charge in [0.1, 0.15) is 12.1 Å². The van der Waals surface area contributed by atoms with Gasteiger partial charge in [0.25, 0.3) is 0 Å². The third kappa shape index (κ3) is 6.26. The van der Waals surface area contributed by atoms with Crippen LogP contribution in [0.5, 0.6) is 0 Å². The highest BCUT2D eigenvalue weighted by Gasteiger charge is 2.37. The molecule has 1 fully saturated rings. The molecule has 0 heterocycles. The van der Waals surface area contributed by atoms with Gasteiger partial charge in [0, 0.05) is 10.4 Å². The third-order valence-electron chi connectivity index (χ3n) is 6.44. The molecule has 0 saturated heterocycles. The lowest BCUT2D eigenvalue weighted by atomic mass is 9.76. The fourth-order valence-corrected chi connectivity index (χ4v) is 4.75. The zero-order valence-corrected chi connectivity index (χ0v) is 19.5. The maximum absolute atomic E-state index is 12.9. The Kier molecular flexibility index (Phi) is 8.19. The SMILES string of the molecule is CC(C)(c1cccc(Cl)c1)C(OC(=O)NC(CC1CCCCC1)C(=O)O)c1ccccc1. The van der Waals surface area contributed by atoms with Crippen molar-refractivity contribution in [2.24, 2.45) is 5.92 Å². The number of aliphatic carboxylic acids is 1. The number of benzene rings is 2. The topological polar surface area (TPSA) is 75.6 Å². The number of carbonyl (C=O) groups is 2. The molecule has 0 spiro atoms. The average Bonchev–Trinajstić information content (AvgIpc) is 2.78. The number of rotatable bonds is 8. The summed E-state index contributed by atoms with van der Waals surface area (Å²) < 4.78 is 5.91. The summed E-state index contributed by atoms with van der Waals surface area (Å²) >= 11 is 6.22. The van der Waals surface area contributed by atoms with Gasteiger partial charge in [-0.25, -0.2) is 9.59 Å². The normalized spacial score (nSPS) is 16.7. The second-order valence-electron chi connectivity index (χ2n) is 9.20. The van der Waals surface area contributed by atoms with Crippen LogP contribution in [0, 0.1) is 5.92 Å². The Labute approximate surface area is 195 Å². The van der Waals surface area contributed by atoms with Crippen LogP contribution in [0.2, 0.25) is 5.02 Å². The van der Waals surface area contributed by atoms with Crippen molar-refractivity contribution < 1.29 is 19.4 Å². The summed E-state index contributed by atoms with van der Waals surface area (Å²) in [6, 6.07) is 16.0. The van der Waals surface area contributed by atoms with Crippen molar-refractivity contribution in [2.45, 2.75) is 69.9 Å². The number of halogens is 1. The van der Waals surface area contributed by atoms with Gasteiger partial charge in [-0.05, 0) is 35.6 Å². The molecule has 1 amide bonds. The van der Waals surface area contributed by atoms with E-state index in [1.54, 1.807) is 6.07 Å². The van der Waals surface area contributed by atoms with Crippen LogP contribution in [0.15, 0.2) is 54.6 Å². The molecule has 2 aromatic carbocycles. The molecule has 2 N–H and O–H groups in total. The third-order valence-corrected chi connectivity index (χ3v) is 6.67. The molecule has 32 heavy (non-hydrogen) atoms. The Hall–Kier alpha value is -2.53. The summed E-state index contributed by atoms with van der Waals surface area (Å²) in [5, 5.41) is 12.9. The quantitative estimate of drug-likeness (QED) is 0.473. The van der Waals surface area contributed by atoms with Crippen LogP contribution < -0.4 is 5.32 Å². The van der Waals surface area contributed by atoms with Crippen LogP contribution in [0.3, 0.4) is 0 Å². The van der Waals surface area contributed by atoms with Crippen molar-refractivity contribution in [3.8, 4) is 0 Å². The number of nitrogens with one attached hydrogen (secondary N) is 1. The molecule has 0 aliphatic heterocycles. The average molecular weight is 458 g/mol. The second kappa shape index (κ2) is 10.9. The van der Waals surface area contributed by atoms with Gasteiger partial charge >= 0.3 is 12.1 Å². The molecule has 172 valence electrons. The number of hydrogen-bond donors (Lipinski definition) is 2. The van der Waals surface area contributed by atoms with Gasteiger partial charge in [-0.1, -0.05) is 100 Å². The van der Waals surface area contributed by atoms with Gasteiger partial charge < -0.3 is 15.2 Å². The minimum absolute atomic E-state index is 0.318. The molecular weight excluding hydrogens is 426 g/mol. The zero-order chi connectivity index (χ0) is 23.1. The van der Waals surface area contributed by atoms with Gasteiger partial charge in [-0.2, -0.15) is 0 Å². The van der Waals surface area contributed by atoms with Crippen LogP contribution in [0.1, 0.15) is 69.6 Å². The second-order valence-corrected chi connectivity index (χ2v) is 9.64. The lowest BCUT2D eigenvalue weighted by Gasteiger charge is -2.35. The highest BCUT2D eigenvalue weighted by atomic mass is 35.5. The predicted molar refractivity (Wildman–Crippen MR) is 126 cm³/mol. The molecule has 1 aliphatic carbocycles. The number of carbonyl (C=O) groups excluding carboxylic acids is 1. The number of carboxylic acid groups (broad SMARTS) is 1. The van der Waals surface area contributed by atoms with Crippen LogP contribution in [0.25, 0.3) is 0 Å². The molecule has 0 bridgehead atoms. The lowest BCUT2D eigenvalue weighted by Crippen LogP contribution is -2.44. The number of amides is 1. The minimum atomic E-state index is -1.03. The van der Waals surface area contributed by atoms with E-state index in [4.69, 9.17) is 16.3 Å². The van der Waals surface area contributed by atoms with Crippen LogP contribution >= 0.6 is 11.6 Å². The van der Waals surface area contributed by atoms with E-state index in [2.05, 4.69) is 5.32 Å². The number of hydrogen-bond acceptors (Lipinski definition) is 3. The fourth-order valence-electron chi connectivity index (χ4n) is 4.56. The highest BCUT2D eigenvalue weighted by Crippen LogP contribution is 2.40. The molecule has 2 aromatic rings. The molecule has 0 radical (unpaired) electrons. The summed E-state index contributed by atoms with van der Waals surface area (Å²) in [4.78, 5) is 24.7. The molecule has 0 aromatic heterocycles. The summed E-state index contributed by atoms with van der Waals surface area (Å²) in [5.41, 5.74) is 1.14. The van der Waals surface area contributed by atoms with Crippen molar-refractivity contribution in [3.05, 3.63) is 70.7 Å². The van der Waals surface area contributed by atoms with E-state index < -0.39 is 29.6 Å². The molecule has 2 unspecified atom stereocenters. The maximum Gasteiger partial charge on any atom is 0.408 e. The summed E-state index contributed by atoms with van der Waals surface area (Å²) in [7, 11) is 0.